The van der Waals surface area contributed by atoms with Gasteiger partial charge in [0.15, 0.2) is 5.82 Å². The van der Waals surface area contributed by atoms with Gasteiger partial charge in [-0.15, -0.1) is 0 Å². The topological polar surface area (TPSA) is 93.4 Å². The molecule has 2 aromatic carbocycles. The van der Waals surface area contributed by atoms with Crippen molar-refractivity contribution in [1.82, 2.24) is 24.4 Å². The lowest BCUT2D eigenvalue weighted by atomic mass is 9.98. The first-order chi connectivity index (χ1) is 17.6. The number of ether oxygens (including phenoxy) is 1. The number of carbonyl (C=O) groups is 1. The number of hydrogen-bond donors (Lipinski definition) is 1. The molecule has 37 heavy (non-hydrogen) atoms. The van der Waals surface area contributed by atoms with Crippen molar-refractivity contribution in [2.45, 2.75) is 58.0 Å². The van der Waals surface area contributed by atoms with E-state index in [0.717, 1.165) is 33.5 Å². The Labute approximate surface area is 211 Å². The highest BCUT2D eigenvalue weighted by Crippen LogP contribution is 2.50. The first kappa shape index (κ1) is 23.5. The summed E-state index contributed by atoms with van der Waals surface area (Å²) in [6.45, 7) is 2.09. The molecule has 4 aromatic rings. The van der Waals surface area contributed by atoms with E-state index < -0.39 is 12.2 Å². The van der Waals surface area contributed by atoms with Gasteiger partial charge in [0.25, 0.3) is 0 Å². The van der Waals surface area contributed by atoms with Gasteiger partial charge in [-0.2, -0.15) is 8.78 Å². The van der Waals surface area contributed by atoms with Crippen LogP contribution in [0.15, 0.2) is 48.8 Å². The molecule has 8 nitrogen and oxygen atoms in total. The summed E-state index contributed by atoms with van der Waals surface area (Å²) in [7, 11) is 0. The number of aromatic nitrogens is 4. The number of alkyl halides is 2. The zero-order valence-corrected chi connectivity index (χ0v) is 20.5. The number of nitrogens with zero attached hydrogens (tertiary/aromatic N) is 5. The van der Waals surface area contributed by atoms with Crippen molar-refractivity contribution in [2.75, 3.05) is 0 Å². The molecule has 0 fully saturated rings. The van der Waals surface area contributed by atoms with E-state index in [2.05, 4.69) is 9.97 Å². The summed E-state index contributed by atoms with van der Waals surface area (Å²) in [4.78, 5) is 27.9. The molecule has 4 heterocycles. The summed E-state index contributed by atoms with van der Waals surface area (Å²) in [5, 5.41) is 10.2. The molecule has 2 aromatic heterocycles. The average Bonchev–Trinajstić information content (AvgIpc) is 3.32. The fourth-order valence-corrected chi connectivity index (χ4v) is 5.51. The van der Waals surface area contributed by atoms with Gasteiger partial charge in [-0.05, 0) is 43.2 Å². The Kier molecular flexibility index (Phi) is 5.27. The molecule has 1 N–H and O–H groups in total. The smallest absolute Gasteiger partial charge is 0.387 e. The standard InChI is InChI=1S/C27H25F2N5O3/c1-14(35)33-13-16-5-4-6-22(37-26(28)29)23(16)20-10-21(33)24-32-18-8-7-15(9-19(18)34(20)24)17-11-30-25(31-12-17)27(2,3)36/h4-9,11-12,20-21,26,36H,10,13H2,1-3H3/t20-,21-/m0/s1. The van der Waals surface area contributed by atoms with E-state index in [-0.39, 0.29) is 23.7 Å². The number of imidazole rings is 1. The third-order valence-electron chi connectivity index (χ3n) is 7.13. The van der Waals surface area contributed by atoms with Gasteiger partial charge in [-0.25, -0.2) is 15.0 Å². The molecule has 0 saturated carbocycles. The van der Waals surface area contributed by atoms with E-state index in [1.165, 1.54) is 6.92 Å². The van der Waals surface area contributed by atoms with Crippen molar-refractivity contribution in [1.29, 1.82) is 0 Å². The summed E-state index contributed by atoms with van der Waals surface area (Å²) in [6, 6.07) is 10.2. The Balaban J connectivity index is 1.53. The lowest BCUT2D eigenvalue weighted by Gasteiger charge is -2.27. The molecule has 0 saturated heterocycles. The van der Waals surface area contributed by atoms with Gasteiger partial charge in [-0.1, -0.05) is 18.2 Å². The number of benzene rings is 2. The van der Waals surface area contributed by atoms with E-state index in [9.17, 15) is 18.7 Å². The maximum absolute atomic E-state index is 13.3. The Bertz CT molecular complexity index is 1530. The van der Waals surface area contributed by atoms with Gasteiger partial charge in [0, 0.05) is 43.4 Å². The second-order valence-electron chi connectivity index (χ2n) is 10.0. The SMILES string of the molecule is CC(=O)N1Cc2cccc(OC(F)F)c2[C@@H]2C[C@H]1c1nc3ccc(-c4cnc(C(C)(C)O)nc4)cc3n12. The van der Waals surface area contributed by atoms with Crippen molar-refractivity contribution >= 4 is 16.9 Å². The molecular weight excluding hydrogens is 480 g/mol. The molecule has 1 amide bonds. The summed E-state index contributed by atoms with van der Waals surface area (Å²) in [5.41, 5.74) is 3.43. The van der Waals surface area contributed by atoms with Crippen molar-refractivity contribution in [3.63, 3.8) is 0 Å². The number of rotatable bonds is 4. The minimum Gasteiger partial charge on any atom is -0.434 e. The molecule has 2 aliphatic rings. The molecule has 0 unspecified atom stereocenters. The van der Waals surface area contributed by atoms with Crippen molar-refractivity contribution in [2.24, 2.45) is 0 Å². The minimum atomic E-state index is -2.96. The van der Waals surface area contributed by atoms with Crippen LogP contribution < -0.4 is 4.74 Å². The summed E-state index contributed by atoms with van der Waals surface area (Å²) in [6.07, 6.45) is 3.84. The molecule has 2 atom stereocenters. The maximum Gasteiger partial charge on any atom is 0.387 e. The third-order valence-corrected chi connectivity index (χ3v) is 7.13. The highest BCUT2D eigenvalue weighted by atomic mass is 19.3. The molecule has 190 valence electrons. The minimum absolute atomic E-state index is 0.109. The summed E-state index contributed by atoms with van der Waals surface area (Å²) < 4.78 is 33.7. The van der Waals surface area contributed by atoms with Crippen LogP contribution in [0.3, 0.4) is 0 Å². The molecule has 6 rings (SSSR count). The van der Waals surface area contributed by atoms with Crippen molar-refractivity contribution in [3.05, 3.63) is 71.6 Å². The Hall–Kier alpha value is -3.92. The zero-order chi connectivity index (χ0) is 26.1. The second kappa shape index (κ2) is 8.31. The Morgan fingerprint density at radius 2 is 1.89 bits per heavy atom. The zero-order valence-electron chi connectivity index (χ0n) is 20.5. The van der Waals surface area contributed by atoms with Crippen LogP contribution in [0.2, 0.25) is 0 Å². The first-order valence-corrected chi connectivity index (χ1v) is 12.0. The maximum atomic E-state index is 13.3. The van der Waals surface area contributed by atoms with Crippen molar-refractivity contribution in [3.8, 4) is 16.9 Å². The Morgan fingerprint density at radius 1 is 1.14 bits per heavy atom. The number of aliphatic hydroxyl groups is 1. The molecule has 0 spiro atoms. The highest BCUT2D eigenvalue weighted by Gasteiger charge is 2.44. The highest BCUT2D eigenvalue weighted by molar-refractivity contribution is 5.84. The monoisotopic (exact) mass is 505 g/mol. The molecule has 0 aliphatic carbocycles. The van der Waals surface area contributed by atoms with E-state index in [0.29, 0.717) is 24.4 Å². The van der Waals surface area contributed by atoms with Crippen LogP contribution in [0, 0.1) is 0 Å². The van der Waals surface area contributed by atoms with Crippen LogP contribution >= 0.6 is 0 Å². The van der Waals surface area contributed by atoms with Crippen LogP contribution in [-0.4, -0.2) is 42.0 Å². The van der Waals surface area contributed by atoms with E-state index in [1.807, 2.05) is 28.8 Å². The number of amides is 1. The quantitative estimate of drug-likeness (QED) is 0.432. The van der Waals surface area contributed by atoms with Gasteiger partial charge in [0.2, 0.25) is 5.91 Å². The first-order valence-electron chi connectivity index (χ1n) is 12.0. The van der Waals surface area contributed by atoms with Gasteiger partial charge in [-0.3, -0.25) is 4.79 Å². The predicted octanol–water partition coefficient (Wildman–Crippen LogP) is 4.72. The van der Waals surface area contributed by atoms with Crippen LogP contribution in [0.1, 0.15) is 62.1 Å². The van der Waals surface area contributed by atoms with Crippen LogP contribution in [0.4, 0.5) is 8.78 Å². The van der Waals surface area contributed by atoms with E-state index in [1.54, 1.807) is 43.3 Å². The molecule has 2 aliphatic heterocycles. The predicted molar refractivity (Wildman–Crippen MR) is 131 cm³/mol. The summed E-state index contributed by atoms with van der Waals surface area (Å²) >= 11 is 0. The second-order valence-corrected chi connectivity index (χ2v) is 10.0. The fourth-order valence-electron chi connectivity index (χ4n) is 5.51. The van der Waals surface area contributed by atoms with Crippen LogP contribution in [0.25, 0.3) is 22.2 Å². The van der Waals surface area contributed by atoms with E-state index in [4.69, 9.17) is 9.72 Å². The normalized spacial score (nSPS) is 18.6. The molecule has 0 radical (unpaired) electrons. The number of carbonyl (C=O) groups excluding carboxylic acids is 1. The number of fused-ring (bicyclic) bond motifs is 9. The third kappa shape index (κ3) is 3.83. The van der Waals surface area contributed by atoms with Gasteiger partial charge >= 0.3 is 6.61 Å². The van der Waals surface area contributed by atoms with Crippen molar-refractivity contribution < 1.29 is 23.4 Å². The van der Waals surface area contributed by atoms with E-state index >= 15 is 0 Å². The molecular formula is C27H25F2N5O3. The van der Waals surface area contributed by atoms with Crippen LogP contribution in [-0.2, 0) is 16.9 Å². The largest absolute Gasteiger partial charge is 0.434 e. The molecule has 2 bridgehead atoms. The summed E-state index contributed by atoms with van der Waals surface area (Å²) in [5.74, 6) is 1.05. The lowest BCUT2D eigenvalue weighted by Crippen LogP contribution is -2.31. The van der Waals surface area contributed by atoms with Crippen LogP contribution in [0.5, 0.6) is 5.75 Å². The van der Waals surface area contributed by atoms with Gasteiger partial charge in [0.1, 0.15) is 17.2 Å². The number of hydrogen-bond acceptors (Lipinski definition) is 6. The lowest BCUT2D eigenvalue weighted by molar-refractivity contribution is -0.132. The van der Waals surface area contributed by atoms with Gasteiger partial charge < -0.3 is 19.3 Å². The molecule has 10 heteroatoms. The average molecular weight is 506 g/mol. The fraction of sp³-hybridized carbons (Fsp3) is 0.333. The Morgan fingerprint density at radius 3 is 2.57 bits per heavy atom. The van der Waals surface area contributed by atoms with Gasteiger partial charge in [0.05, 0.1) is 23.1 Å². The number of halogens is 2.